The highest BCUT2D eigenvalue weighted by atomic mass is 32.2. The third-order valence-electron chi connectivity index (χ3n) is 4.26. The summed E-state index contributed by atoms with van der Waals surface area (Å²) in [5, 5.41) is 13.8. The molecule has 2 N–H and O–H groups in total. The minimum absolute atomic E-state index is 0.0332. The maximum Gasteiger partial charge on any atom is 0.416 e. The molecule has 2 aromatic carbocycles. The lowest BCUT2D eigenvalue weighted by Gasteiger charge is -2.17. The first-order chi connectivity index (χ1) is 14.5. The first kappa shape index (κ1) is 24.1. The molecule has 0 saturated carbocycles. The summed E-state index contributed by atoms with van der Waals surface area (Å²) >= 11 is 0. The SMILES string of the molecule is Cc1cccc(C(=O)Nc2cccc(C(F)(F)F)c2)c1C(=O)NC(C)CS(C)=NC#N. The van der Waals surface area contributed by atoms with Crippen molar-refractivity contribution in [2.24, 2.45) is 4.36 Å². The van der Waals surface area contributed by atoms with Gasteiger partial charge in [-0.2, -0.15) is 22.8 Å². The maximum absolute atomic E-state index is 12.9. The summed E-state index contributed by atoms with van der Waals surface area (Å²) in [4.78, 5) is 25.6. The predicted molar refractivity (Wildman–Crippen MR) is 114 cm³/mol. The number of nitriles is 1. The van der Waals surface area contributed by atoms with Crippen molar-refractivity contribution < 1.29 is 22.8 Å². The smallest absolute Gasteiger partial charge is 0.349 e. The Kier molecular flexibility index (Phi) is 7.94. The van der Waals surface area contributed by atoms with Crippen molar-refractivity contribution >= 4 is 28.2 Å². The van der Waals surface area contributed by atoms with Crippen molar-refractivity contribution in [3.63, 3.8) is 0 Å². The van der Waals surface area contributed by atoms with Gasteiger partial charge in [0, 0.05) is 17.5 Å². The van der Waals surface area contributed by atoms with Crippen molar-refractivity contribution in [2.45, 2.75) is 26.1 Å². The number of carbonyl (C=O) groups excluding carboxylic acids is 2. The molecule has 0 aliphatic carbocycles. The van der Waals surface area contributed by atoms with Gasteiger partial charge in [0.05, 0.1) is 16.7 Å². The minimum atomic E-state index is -4.54. The van der Waals surface area contributed by atoms with Crippen LogP contribution < -0.4 is 10.6 Å². The van der Waals surface area contributed by atoms with E-state index >= 15 is 0 Å². The summed E-state index contributed by atoms with van der Waals surface area (Å²) in [7, 11) is -0.551. The molecule has 0 bridgehead atoms. The Morgan fingerprint density at radius 3 is 2.52 bits per heavy atom. The Morgan fingerprint density at radius 2 is 1.87 bits per heavy atom. The average molecular weight is 450 g/mol. The highest BCUT2D eigenvalue weighted by Crippen LogP contribution is 2.30. The summed E-state index contributed by atoms with van der Waals surface area (Å²) in [5.41, 5.74) is -0.210. The molecule has 0 aromatic heterocycles. The fraction of sp³-hybridized carbons (Fsp3) is 0.286. The van der Waals surface area contributed by atoms with Crippen LogP contribution in [-0.2, 0) is 16.9 Å². The number of rotatable bonds is 6. The molecule has 0 fully saturated rings. The second kappa shape index (κ2) is 10.2. The number of aryl methyl sites for hydroxylation is 1. The van der Waals surface area contributed by atoms with Gasteiger partial charge in [-0.25, -0.2) is 0 Å². The highest BCUT2D eigenvalue weighted by molar-refractivity contribution is 7.86. The Labute approximate surface area is 180 Å². The molecule has 0 aliphatic rings. The largest absolute Gasteiger partial charge is 0.416 e. The van der Waals surface area contributed by atoms with Crippen LogP contribution in [0.2, 0.25) is 0 Å². The minimum Gasteiger partial charge on any atom is -0.349 e. The molecule has 0 spiro atoms. The van der Waals surface area contributed by atoms with Gasteiger partial charge < -0.3 is 10.6 Å². The van der Waals surface area contributed by atoms with Gasteiger partial charge in [-0.05, 0) is 49.9 Å². The van der Waals surface area contributed by atoms with Gasteiger partial charge in [-0.15, -0.1) is 0 Å². The van der Waals surface area contributed by atoms with Gasteiger partial charge >= 0.3 is 6.18 Å². The van der Waals surface area contributed by atoms with Gasteiger partial charge in [0.25, 0.3) is 11.8 Å². The summed E-state index contributed by atoms with van der Waals surface area (Å²) in [6.45, 7) is 3.42. The monoisotopic (exact) mass is 450 g/mol. The Bertz CT molecular complexity index is 1060. The lowest BCUT2D eigenvalue weighted by atomic mass is 10.00. The van der Waals surface area contributed by atoms with Crippen molar-refractivity contribution in [3.8, 4) is 6.19 Å². The van der Waals surface area contributed by atoms with E-state index in [-0.39, 0.29) is 22.9 Å². The van der Waals surface area contributed by atoms with Gasteiger partial charge in [0.15, 0.2) is 0 Å². The highest BCUT2D eigenvalue weighted by Gasteiger charge is 2.30. The molecule has 0 heterocycles. The van der Waals surface area contributed by atoms with Crippen molar-refractivity contribution in [2.75, 3.05) is 17.3 Å². The Hall–Kier alpha value is -3.19. The molecule has 10 heteroatoms. The predicted octanol–water partition coefficient (Wildman–Crippen LogP) is 4.30. The van der Waals surface area contributed by atoms with E-state index in [4.69, 9.17) is 5.26 Å². The molecule has 0 radical (unpaired) electrons. The lowest BCUT2D eigenvalue weighted by Crippen LogP contribution is -2.37. The fourth-order valence-corrected chi connectivity index (χ4v) is 3.96. The van der Waals surface area contributed by atoms with Crippen molar-refractivity contribution in [3.05, 3.63) is 64.7 Å². The second-order valence-electron chi connectivity index (χ2n) is 6.86. The third kappa shape index (κ3) is 6.65. The Balaban J connectivity index is 2.26. The van der Waals surface area contributed by atoms with E-state index in [0.717, 1.165) is 12.1 Å². The molecule has 2 rings (SSSR count). The van der Waals surface area contributed by atoms with E-state index in [1.54, 1.807) is 38.4 Å². The standard InChI is InChI=1S/C21H21F3N4O2S/c1-13-6-4-9-17(18(13)20(30)27-14(2)11-31(3)26-12-25)19(29)28-16-8-5-7-15(10-16)21(22,23)24/h4-10,14H,11H2,1-3H3,(H,27,30)(H,28,29). The van der Waals surface area contributed by atoms with E-state index in [0.29, 0.717) is 11.3 Å². The Morgan fingerprint density at radius 1 is 1.19 bits per heavy atom. The average Bonchev–Trinajstić information content (AvgIpc) is 2.67. The first-order valence-electron chi connectivity index (χ1n) is 9.14. The fourth-order valence-electron chi connectivity index (χ4n) is 2.94. The van der Waals surface area contributed by atoms with Gasteiger partial charge in [0.1, 0.15) is 0 Å². The zero-order chi connectivity index (χ0) is 23.2. The molecule has 31 heavy (non-hydrogen) atoms. The molecular formula is C21H21F3N4O2S. The van der Waals surface area contributed by atoms with Crippen LogP contribution in [0.1, 0.15) is 38.8 Å². The molecular weight excluding hydrogens is 429 g/mol. The van der Waals surface area contributed by atoms with E-state index in [2.05, 4.69) is 15.0 Å². The topological polar surface area (TPSA) is 94.3 Å². The quantitative estimate of drug-likeness (QED) is 0.643. The number of alkyl halides is 3. The van der Waals surface area contributed by atoms with Crippen LogP contribution in [0.3, 0.4) is 0 Å². The number of halogens is 3. The zero-order valence-corrected chi connectivity index (χ0v) is 17.9. The lowest BCUT2D eigenvalue weighted by molar-refractivity contribution is -0.137. The normalized spacial score (nSPS) is 13.2. The zero-order valence-electron chi connectivity index (χ0n) is 17.1. The van der Waals surface area contributed by atoms with E-state index < -0.39 is 34.2 Å². The summed E-state index contributed by atoms with van der Waals surface area (Å²) in [5.74, 6) is -0.735. The van der Waals surface area contributed by atoms with E-state index in [9.17, 15) is 22.8 Å². The molecule has 164 valence electrons. The number of anilines is 1. The number of hydrogen-bond acceptors (Lipinski definition) is 4. The number of carbonyl (C=O) groups is 2. The number of benzene rings is 2. The number of nitrogens with one attached hydrogen (secondary N) is 2. The summed E-state index contributed by atoms with van der Waals surface area (Å²) in [6.07, 6.45) is -1.04. The van der Waals surface area contributed by atoms with Gasteiger partial charge in [0.2, 0.25) is 6.19 Å². The molecule has 2 amide bonds. The van der Waals surface area contributed by atoms with Gasteiger partial charge in [-0.3, -0.25) is 9.59 Å². The number of nitrogens with zero attached hydrogens (tertiary/aromatic N) is 2. The van der Waals surface area contributed by atoms with Crippen LogP contribution in [0.15, 0.2) is 46.8 Å². The van der Waals surface area contributed by atoms with Gasteiger partial charge in [-0.1, -0.05) is 28.9 Å². The molecule has 2 atom stereocenters. The molecule has 0 aliphatic heterocycles. The maximum atomic E-state index is 12.9. The van der Waals surface area contributed by atoms with Crippen LogP contribution >= 0.6 is 0 Å². The molecule has 2 unspecified atom stereocenters. The number of hydrogen-bond donors (Lipinski definition) is 2. The first-order valence-corrected chi connectivity index (χ1v) is 10.9. The molecule has 2 aromatic rings. The van der Waals surface area contributed by atoms with E-state index in [1.807, 2.05) is 0 Å². The van der Waals surface area contributed by atoms with Crippen LogP contribution in [0.5, 0.6) is 0 Å². The van der Waals surface area contributed by atoms with E-state index in [1.165, 1.54) is 18.2 Å². The molecule has 6 nitrogen and oxygen atoms in total. The van der Waals surface area contributed by atoms with Crippen molar-refractivity contribution in [1.82, 2.24) is 5.32 Å². The van der Waals surface area contributed by atoms with Crippen LogP contribution in [0.4, 0.5) is 18.9 Å². The van der Waals surface area contributed by atoms with Crippen molar-refractivity contribution in [1.29, 1.82) is 5.26 Å². The summed E-state index contributed by atoms with van der Waals surface area (Å²) in [6, 6.07) is 8.65. The van der Waals surface area contributed by atoms with Crippen LogP contribution in [0, 0.1) is 18.4 Å². The second-order valence-corrected chi connectivity index (χ2v) is 8.58. The van der Waals surface area contributed by atoms with Crippen LogP contribution in [0.25, 0.3) is 0 Å². The van der Waals surface area contributed by atoms with Crippen LogP contribution in [-0.4, -0.2) is 29.9 Å². The number of amides is 2. The summed E-state index contributed by atoms with van der Waals surface area (Å²) < 4.78 is 42.5. The molecule has 0 saturated heterocycles. The third-order valence-corrected chi connectivity index (χ3v) is 5.63.